The second-order valence-corrected chi connectivity index (χ2v) is 9.21. The van der Waals surface area contributed by atoms with E-state index in [4.69, 9.17) is 23.7 Å². The van der Waals surface area contributed by atoms with Crippen LogP contribution in [-0.2, 0) is 11.3 Å². The van der Waals surface area contributed by atoms with Crippen LogP contribution in [0, 0.1) is 0 Å². The van der Waals surface area contributed by atoms with E-state index in [1.807, 2.05) is 60.7 Å². The molecule has 0 saturated heterocycles. The molecule has 3 aromatic rings. The zero-order chi connectivity index (χ0) is 25.6. The highest BCUT2D eigenvalue weighted by Crippen LogP contribution is 2.52. The third-order valence-electron chi connectivity index (χ3n) is 6.55. The molecule has 0 spiro atoms. The van der Waals surface area contributed by atoms with Gasteiger partial charge in [0, 0.05) is 23.3 Å². The zero-order valence-corrected chi connectivity index (χ0v) is 21.6. The lowest BCUT2D eigenvalue weighted by molar-refractivity contribution is 0.0818. The Morgan fingerprint density at radius 3 is 2.62 bits per heavy atom. The van der Waals surface area contributed by atoms with Gasteiger partial charge in [-0.05, 0) is 48.7 Å². The summed E-state index contributed by atoms with van der Waals surface area (Å²) >= 11 is 0. The fourth-order valence-corrected chi connectivity index (χ4v) is 4.67. The molecule has 3 aromatic carbocycles. The van der Waals surface area contributed by atoms with Crippen molar-refractivity contribution >= 4 is 11.6 Å². The lowest BCUT2D eigenvalue weighted by Gasteiger charge is -2.35. The second-order valence-electron chi connectivity index (χ2n) is 9.21. The van der Waals surface area contributed by atoms with Gasteiger partial charge in [0.15, 0.2) is 0 Å². The maximum absolute atomic E-state index is 6.54. The monoisotopic (exact) mass is 498 g/mol. The lowest BCUT2D eigenvalue weighted by atomic mass is 9.88. The Bertz CT molecular complexity index is 1280. The molecule has 192 valence electrons. The Balaban J connectivity index is 1.51. The average molecular weight is 499 g/mol. The summed E-state index contributed by atoms with van der Waals surface area (Å²) in [5, 5.41) is 0. The van der Waals surface area contributed by atoms with E-state index in [9.17, 15) is 0 Å². The number of unbranched alkanes of at least 4 members (excludes halogenated alkanes) is 1. The van der Waals surface area contributed by atoms with E-state index in [1.54, 1.807) is 6.08 Å². The van der Waals surface area contributed by atoms with Gasteiger partial charge >= 0.3 is 0 Å². The molecular formula is C32H34O5. The molecule has 37 heavy (non-hydrogen) atoms. The first-order valence-corrected chi connectivity index (χ1v) is 13.1. The number of benzene rings is 3. The molecule has 0 aliphatic carbocycles. The molecule has 0 aromatic heterocycles. The summed E-state index contributed by atoms with van der Waals surface area (Å²) in [6, 6.07) is 20.1. The minimum atomic E-state index is -0.297. The summed E-state index contributed by atoms with van der Waals surface area (Å²) in [4.78, 5) is 0. The first-order valence-electron chi connectivity index (χ1n) is 13.1. The molecule has 2 aliphatic heterocycles. The summed E-state index contributed by atoms with van der Waals surface area (Å²) in [6.07, 6.45) is 4.50. The van der Waals surface area contributed by atoms with Gasteiger partial charge in [0.2, 0.25) is 0 Å². The number of rotatable bonds is 11. The van der Waals surface area contributed by atoms with Crippen molar-refractivity contribution in [2.24, 2.45) is 0 Å². The molecule has 2 heterocycles. The highest BCUT2D eigenvalue weighted by molar-refractivity contribution is 5.82. The fourth-order valence-electron chi connectivity index (χ4n) is 4.67. The van der Waals surface area contributed by atoms with E-state index < -0.39 is 0 Å². The van der Waals surface area contributed by atoms with Crippen molar-refractivity contribution in [3.8, 4) is 23.0 Å². The first-order chi connectivity index (χ1) is 18.2. The summed E-state index contributed by atoms with van der Waals surface area (Å²) in [5.74, 6) is 3.81. The Morgan fingerprint density at radius 2 is 1.84 bits per heavy atom. The molecule has 5 nitrogen and oxygen atoms in total. The van der Waals surface area contributed by atoms with Crippen molar-refractivity contribution < 1.29 is 23.7 Å². The molecule has 0 fully saturated rings. The van der Waals surface area contributed by atoms with Crippen LogP contribution in [-0.4, -0.2) is 19.8 Å². The summed E-state index contributed by atoms with van der Waals surface area (Å²) in [5.41, 5.74) is 4.81. The van der Waals surface area contributed by atoms with Crippen molar-refractivity contribution in [2.75, 3.05) is 19.8 Å². The van der Waals surface area contributed by atoms with Gasteiger partial charge in [-0.15, -0.1) is 0 Å². The van der Waals surface area contributed by atoms with E-state index in [0.717, 1.165) is 70.1 Å². The van der Waals surface area contributed by atoms with Crippen molar-refractivity contribution in [1.82, 2.24) is 0 Å². The van der Waals surface area contributed by atoms with Crippen LogP contribution in [0.2, 0.25) is 0 Å². The molecule has 1 unspecified atom stereocenters. The van der Waals surface area contributed by atoms with Gasteiger partial charge in [-0.1, -0.05) is 63.3 Å². The minimum absolute atomic E-state index is 0.297. The molecular weight excluding hydrogens is 464 g/mol. The normalized spacial score (nSPS) is 15.6. The van der Waals surface area contributed by atoms with E-state index >= 15 is 0 Å². The van der Waals surface area contributed by atoms with Crippen LogP contribution in [0.5, 0.6) is 23.0 Å². The van der Waals surface area contributed by atoms with Gasteiger partial charge in [-0.3, -0.25) is 0 Å². The van der Waals surface area contributed by atoms with E-state index in [2.05, 4.69) is 20.4 Å². The Morgan fingerprint density at radius 1 is 0.973 bits per heavy atom. The Hall–Kier alpha value is -3.70. The van der Waals surface area contributed by atoms with Crippen LogP contribution in [0.15, 0.2) is 73.0 Å². The molecule has 0 radical (unpaired) electrons. The highest BCUT2D eigenvalue weighted by atomic mass is 16.5. The van der Waals surface area contributed by atoms with Gasteiger partial charge in [0.05, 0.1) is 12.2 Å². The molecule has 1 atom stereocenters. The minimum Gasteiger partial charge on any atom is -0.494 e. The van der Waals surface area contributed by atoms with Gasteiger partial charge in [0.25, 0.3) is 0 Å². The number of hydrogen-bond donors (Lipinski definition) is 0. The maximum Gasteiger partial charge on any atom is 0.148 e. The van der Waals surface area contributed by atoms with Crippen LogP contribution in [0.25, 0.3) is 11.6 Å². The molecule has 0 bridgehead atoms. The highest BCUT2D eigenvalue weighted by Gasteiger charge is 2.37. The third kappa shape index (κ3) is 5.23. The van der Waals surface area contributed by atoms with Crippen LogP contribution in [0.1, 0.15) is 61.5 Å². The van der Waals surface area contributed by atoms with Crippen molar-refractivity contribution in [3.63, 3.8) is 0 Å². The fraction of sp³-hybridized carbons (Fsp3) is 0.312. The van der Waals surface area contributed by atoms with Crippen molar-refractivity contribution in [2.45, 2.75) is 45.8 Å². The smallest absolute Gasteiger partial charge is 0.148 e. The van der Waals surface area contributed by atoms with E-state index in [-0.39, 0.29) is 6.10 Å². The SMILES string of the molecule is C=Cc1c(OCc2ccccc2)ccc2c1OC1=C(c3cc(OCCCC)ccc3OC1)C2OCCC. The van der Waals surface area contributed by atoms with Gasteiger partial charge in [-0.2, -0.15) is 0 Å². The summed E-state index contributed by atoms with van der Waals surface area (Å²) < 4.78 is 31.3. The van der Waals surface area contributed by atoms with E-state index in [0.29, 0.717) is 32.2 Å². The predicted octanol–water partition coefficient (Wildman–Crippen LogP) is 7.75. The summed E-state index contributed by atoms with van der Waals surface area (Å²) in [7, 11) is 0. The third-order valence-corrected chi connectivity index (χ3v) is 6.55. The van der Waals surface area contributed by atoms with Crippen molar-refractivity contribution in [1.29, 1.82) is 0 Å². The molecule has 0 saturated carbocycles. The molecule has 5 heteroatoms. The van der Waals surface area contributed by atoms with Gasteiger partial charge in [0.1, 0.15) is 48.1 Å². The van der Waals surface area contributed by atoms with Crippen LogP contribution >= 0.6 is 0 Å². The van der Waals surface area contributed by atoms with Crippen LogP contribution < -0.4 is 18.9 Å². The van der Waals surface area contributed by atoms with Crippen molar-refractivity contribution in [3.05, 3.63) is 95.3 Å². The molecule has 2 aliphatic rings. The lowest BCUT2D eigenvalue weighted by Crippen LogP contribution is -2.25. The number of fused-ring (bicyclic) bond motifs is 3. The van der Waals surface area contributed by atoms with Crippen LogP contribution in [0.4, 0.5) is 0 Å². The largest absolute Gasteiger partial charge is 0.494 e. The summed E-state index contributed by atoms with van der Waals surface area (Å²) in [6.45, 7) is 10.4. The number of hydrogen-bond acceptors (Lipinski definition) is 5. The number of ether oxygens (including phenoxy) is 5. The maximum atomic E-state index is 6.54. The topological polar surface area (TPSA) is 46.2 Å². The van der Waals surface area contributed by atoms with Gasteiger partial charge < -0.3 is 23.7 Å². The Labute approximate surface area is 219 Å². The standard InChI is InChI=1S/C32H34O5/c1-4-7-18-33-23-13-15-28-26(19-23)30-29(21-36-28)37-31-24(6-3)27(35-20-22-11-9-8-10-12-22)16-14-25(31)32(30)34-17-5-2/h6,8-16,19,32H,3-5,7,17-18,20-21H2,1-2H3. The quantitative estimate of drug-likeness (QED) is 0.253. The molecule has 0 amide bonds. The van der Waals surface area contributed by atoms with E-state index in [1.165, 1.54) is 0 Å². The molecule has 5 rings (SSSR count). The predicted molar refractivity (Wildman–Crippen MR) is 146 cm³/mol. The molecule has 0 N–H and O–H groups in total. The average Bonchev–Trinajstić information content (AvgIpc) is 2.94. The second kappa shape index (κ2) is 11.6. The van der Waals surface area contributed by atoms with Gasteiger partial charge in [-0.25, -0.2) is 0 Å². The zero-order valence-electron chi connectivity index (χ0n) is 21.6. The van der Waals surface area contributed by atoms with Crippen LogP contribution in [0.3, 0.4) is 0 Å². The Kier molecular flexibility index (Phi) is 7.81. The first kappa shape index (κ1) is 25.0.